The Morgan fingerprint density at radius 2 is 1.90 bits per heavy atom. The molecule has 108 valence electrons. The summed E-state index contributed by atoms with van der Waals surface area (Å²) in [5, 5.41) is 1.47. The maximum absolute atomic E-state index is 12.4. The van der Waals surface area contributed by atoms with Crippen LogP contribution < -0.4 is 4.74 Å². The second-order valence-corrected chi connectivity index (χ2v) is 6.16. The molecule has 0 saturated carbocycles. The van der Waals surface area contributed by atoms with Gasteiger partial charge in [-0.3, -0.25) is 4.79 Å². The zero-order valence-electron chi connectivity index (χ0n) is 11.0. The van der Waals surface area contributed by atoms with Crippen LogP contribution in [0, 0.1) is 0 Å². The summed E-state index contributed by atoms with van der Waals surface area (Å²) < 4.78 is 5.61. The van der Waals surface area contributed by atoms with Gasteiger partial charge in [0, 0.05) is 34.0 Å². The van der Waals surface area contributed by atoms with E-state index in [-0.39, 0.29) is 12.2 Å². The molecule has 3 rings (SSSR count). The molecule has 0 N–H and O–H groups in total. The zero-order chi connectivity index (χ0) is 15.0. The number of ketones is 1. The summed E-state index contributed by atoms with van der Waals surface area (Å²) in [4.78, 5) is 12.4. The molecular formula is C16H11Cl3O2. The molecule has 0 aromatic heterocycles. The van der Waals surface area contributed by atoms with Gasteiger partial charge in [0.15, 0.2) is 5.78 Å². The number of fused-ring (bicyclic) bond motifs is 1. The molecule has 0 saturated heterocycles. The molecule has 0 fully saturated rings. The minimum absolute atomic E-state index is 0.0865. The molecule has 1 aliphatic heterocycles. The van der Waals surface area contributed by atoms with Gasteiger partial charge < -0.3 is 4.74 Å². The molecule has 0 radical (unpaired) electrons. The van der Waals surface area contributed by atoms with E-state index in [0.717, 1.165) is 23.3 Å². The van der Waals surface area contributed by atoms with Crippen molar-refractivity contribution in [2.24, 2.45) is 0 Å². The minimum Gasteiger partial charge on any atom is -0.493 e. The van der Waals surface area contributed by atoms with Crippen LogP contribution in [0.2, 0.25) is 15.1 Å². The van der Waals surface area contributed by atoms with Gasteiger partial charge in [0.25, 0.3) is 0 Å². The molecule has 1 heterocycles. The summed E-state index contributed by atoms with van der Waals surface area (Å²) in [5.74, 6) is 0.689. The van der Waals surface area contributed by atoms with Crippen molar-refractivity contribution in [1.82, 2.24) is 0 Å². The van der Waals surface area contributed by atoms with Gasteiger partial charge in [-0.15, -0.1) is 0 Å². The lowest BCUT2D eigenvalue weighted by atomic mass is 10.00. The summed E-state index contributed by atoms with van der Waals surface area (Å²) >= 11 is 18.0. The maximum Gasteiger partial charge on any atom is 0.168 e. The minimum atomic E-state index is -0.0865. The van der Waals surface area contributed by atoms with Crippen LogP contribution in [-0.4, -0.2) is 12.4 Å². The van der Waals surface area contributed by atoms with Gasteiger partial charge >= 0.3 is 0 Å². The highest BCUT2D eigenvalue weighted by Crippen LogP contribution is 2.34. The van der Waals surface area contributed by atoms with Crippen LogP contribution in [0.15, 0.2) is 30.3 Å². The molecule has 0 bridgehead atoms. The summed E-state index contributed by atoms with van der Waals surface area (Å²) in [6.45, 7) is 0.624. The molecule has 5 heteroatoms. The van der Waals surface area contributed by atoms with E-state index in [1.54, 1.807) is 24.3 Å². The molecule has 0 spiro atoms. The average molecular weight is 342 g/mol. The molecule has 2 aromatic rings. The van der Waals surface area contributed by atoms with E-state index in [4.69, 9.17) is 39.5 Å². The van der Waals surface area contributed by atoms with Crippen molar-refractivity contribution in [1.29, 1.82) is 0 Å². The third-order valence-electron chi connectivity index (χ3n) is 3.41. The Bertz CT molecular complexity index is 726. The lowest BCUT2D eigenvalue weighted by molar-refractivity contribution is 0.0992. The number of hydrogen-bond donors (Lipinski definition) is 0. The molecule has 0 aliphatic carbocycles. The van der Waals surface area contributed by atoms with Crippen LogP contribution in [-0.2, 0) is 12.8 Å². The van der Waals surface area contributed by atoms with Gasteiger partial charge in [-0.25, -0.2) is 0 Å². The first-order valence-corrected chi connectivity index (χ1v) is 7.60. The molecule has 0 amide bonds. The van der Waals surface area contributed by atoms with Gasteiger partial charge in [0.2, 0.25) is 0 Å². The van der Waals surface area contributed by atoms with Crippen molar-refractivity contribution in [3.05, 3.63) is 62.1 Å². The number of carbonyl (C=O) groups excluding carboxylic acids is 1. The SMILES string of the molecule is O=C(Cc1cc(Cl)cc2c1OCC2)c1ccc(Cl)cc1Cl. The lowest BCUT2D eigenvalue weighted by Crippen LogP contribution is -2.05. The van der Waals surface area contributed by atoms with Gasteiger partial charge in [-0.05, 0) is 35.9 Å². The molecule has 0 unspecified atom stereocenters. The molecule has 0 atom stereocenters. The highest BCUT2D eigenvalue weighted by atomic mass is 35.5. The van der Waals surface area contributed by atoms with E-state index in [0.29, 0.717) is 27.2 Å². The summed E-state index contributed by atoms with van der Waals surface area (Å²) in [6.07, 6.45) is 1.02. The Morgan fingerprint density at radius 3 is 2.67 bits per heavy atom. The summed E-state index contributed by atoms with van der Waals surface area (Å²) in [5.41, 5.74) is 2.30. The van der Waals surface area contributed by atoms with E-state index in [1.807, 2.05) is 6.07 Å². The predicted molar refractivity (Wildman–Crippen MR) is 85.1 cm³/mol. The van der Waals surface area contributed by atoms with E-state index < -0.39 is 0 Å². The number of halogens is 3. The molecule has 2 aromatic carbocycles. The van der Waals surface area contributed by atoms with Crippen molar-refractivity contribution in [2.75, 3.05) is 6.61 Å². The Kier molecular flexibility index (Phi) is 4.12. The van der Waals surface area contributed by atoms with E-state index in [1.165, 1.54) is 0 Å². The van der Waals surface area contributed by atoms with Crippen LogP contribution in [0.5, 0.6) is 5.75 Å². The van der Waals surface area contributed by atoms with Crippen LogP contribution in [0.25, 0.3) is 0 Å². The monoisotopic (exact) mass is 340 g/mol. The number of carbonyl (C=O) groups is 1. The first kappa shape index (κ1) is 14.7. The van der Waals surface area contributed by atoms with Gasteiger partial charge in [-0.2, -0.15) is 0 Å². The topological polar surface area (TPSA) is 26.3 Å². The smallest absolute Gasteiger partial charge is 0.168 e. The lowest BCUT2D eigenvalue weighted by Gasteiger charge is -2.09. The largest absolute Gasteiger partial charge is 0.493 e. The van der Waals surface area contributed by atoms with Gasteiger partial charge in [0.1, 0.15) is 5.75 Å². The van der Waals surface area contributed by atoms with Crippen molar-refractivity contribution >= 4 is 40.6 Å². The van der Waals surface area contributed by atoms with E-state index in [2.05, 4.69) is 0 Å². The molecule has 21 heavy (non-hydrogen) atoms. The second-order valence-electron chi connectivity index (χ2n) is 4.88. The number of Topliss-reactive ketones (excluding diaryl/α,β-unsaturated/α-hetero) is 1. The van der Waals surface area contributed by atoms with Crippen LogP contribution in [0.1, 0.15) is 21.5 Å². The van der Waals surface area contributed by atoms with E-state index in [9.17, 15) is 4.79 Å². The zero-order valence-corrected chi connectivity index (χ0v) is 13.2. The fourth-order valence-electron chi connectivity index (χ4n) is 2.46. The van der Waals surface area contributed by atoms with Crippen molar-refractivity contribution < 1.29 is 9.53 Å². The third-order valence-corrected chi connectivity index (χ3v) is 4.17. The Labute approximate surface area is 137 Å². The molecule has 2 nitrogen and oxygen atoms in total. The number of benzene rings is 2. The first-order chi connectivity index (χ1) is 10.0. The summed E-state index contributed by atoms with van der Waals surface area (Å²) in [7, 11) is 0. The fraction of sp³-hybridized carbons (Fsp3) is 0.188. The molecule has 1 aliphatic rings. The van der Waals surface area contributed by atoms with Crippen molar-refractivity contribution in [3.8, 4) is 5.75 Å². The Balaban J connectivity index is 1.92. The number of hydrogen-bond acceptors (Lipinski definition) is 2. The number of ether oxygens (including phenoxy) is 1. The van der Waals surface area contributed by atoms with Crippen LogP contribution >= 0.6 is 34.8 Å². The van der Waals surface area contributed by atoms with Crippen LogP contribution in [0.4, 0.5) is 0 Å². The van der Waals surface area contributed by atoms with E-state index >= 15 is 0 Å². The highest BCUT2D eigenvalue weighted by Gasteiger charge is 2.20. The average Bonchev–Trinajstić information content (AvgIpc) is 2.86. The van der Waals surface area contributed by atoms with Gasteiger partial charge in [0.05, 0.1) is 11.6 Å². The van der Waals surface area contributed by atoms with Crippen molar-refractivity contribution in [2.45, 2.75) is 12.8 Å². The van der Waals surface area contributed by atoms with Crippen LogP contribution in [0.3, 0.4) is 0 Å². The predicted octanol–water partition coefficient (Wildman–Crippen LogP) is 5.01. The fourth-order valence-corrected chi connectivity index (χ4v) is 3.24. The Morgan fingerprint density at radius 1 is 1.10 bits per heavy atom. The Hall–Kier alpha value is -1.22. The third kappa shape index (κ3) is 3.03. The number of rotatable bonds is 3. The second kappa shape index (κ2) is 5.88. The first-order valence-electron chi connectivity index (χ1n) is 6.47. The standard InChI is InChI=1S/C16H11Cl3O2/c17-11-1-2-13(14(19)8-11)15(20)7-10-6-12(18)5-9-3-4-21-16(9)10/h1-2,5-6,8H,3-4,7H2. The van der Waals surface area contributed by atoms with Gasteiger partial charge in [-0.1, -0.05) is 34.8 Å². The maximum atomic E-state index is 12.4. The summed E-state index contributed by atoms with van der Waals surface area (Å²) in [6, 6.07) is 8.51. The van der Waals surface area contributed by atoms with Crippen molar-refractivity contribution in [3.63, 3.8) is 0 Å². The molecular weight excluding hydrogens is 331 g/mol. The quantitative estimate of drug-likeness (QED) is 0.734. The highest BCUT2D eigenvalue weighted by molar-refractivity contribution is 6.37. The normalized spacial score (nSPS) is 12.9.